The average molecular weight is 409 g/mol. The molecule has 0 saturated carbocycles. The Morgan fingerprint density at radius 3 is 2.41 bits per heavy atom. The summed E-state index contributed by atoms with van der Waals surface area (Å²) < 4.78 is 14.6. The molecule has 0 aliphatic carbocycles. The lowest BCUT2D eigenvalue weighted by Crippen LogP contribution is -2.44. The van der Waals surface area contributed by atoms with Crippen LogP contribution in [0.25, 0.3) is 0 Å². The molecule has 2 aromatic rings. The summed E-state index contributed by atoms with van der Waals surface area (Å²) in [5, 5.41) is 9.34. The Labute approximate surface area is 174 Å². The maximum absolute atomic E-state index is 14.6. The van der Waals surface area contributed by atoms with Gasteiger partial charge in [0.2, 0.25) is 0 Å². The quantitative estimate of drug-likeness (QED) is 0.549. The monoisotopic (exact) mass is 409 g/mol. The molecule has 5 nitrogen and oxygen atoms in total. The van der Waals surface area contributed by atoms with E-state index in [1.54, 1.807) is 56.9 Å². The van der Waals surface area contributed by atoms with Crippen molar-refractivity contribution in [1.82, 2.24) is 0 Å². The standard InChI is InChI=1S/C22H20FN3O2S/c1-5-19(27)17-9-8-16(11-18(17)23)26-21(29)25(20(28)22(26,3)4)15-7-6-14(12-24)13(2)10-15/h6-11H,5H2,1-4H3. The SMILES string of the molecule is CCC(=O)c1ccc(N2C(=S)N(c3ccc(C#N)c(C)c3)C(=O)C2(C)C)cc1F. The van der Waals surface area contributed by atoms with Gasteiger partial charge >= 0.3 is 0 Å². The number of thiocarbonyl (C=S) groups is 1. The number of aryl methyl sites for hydroxylation is 1. The molecule has 2 aromatic carbocycles. The molecule has 1 fully saturated rings. The number of carbonyl (C=O) groups excluding carboxylic acids is 2. The summed E-state index contributed by atoms with van der Waals surface area (Å²) in [6.07, 6.45) is 0.203. The van der Waals surface area contributed by atoms with E-state index in [1.165, 1.54) is 17.0 Å². The number of hydrogen-bond donors (Lipinski definition) is 0. The number of nitriles is 1. The Kier molecular flexibility index (Phi) is 5.24. The van der Waals surface area contributed by atoms with Gasteiger partial charge in [0.1, 0.15) is 11.4 Å². The van der Waals surface area contributed by atoms with Crippen molar-refractivity contribution in [2.24, 2.45) is 0 Å². The van der Waals surface area contributed by atoms with Crippen LogP contribution >= 0.6 is 12.2 Å². The fraction of sp³-hybridized carbons (Fsp3) is 0.273. The van der Waals surface area contributed by atoms with Gasteiger partial charge in [0, 0.05) is 12.1 Å². The van der Waals surface area contributed by atoms with Gasteiger partial charge in [-0.3, -0.25) is 14.5 Å². The number of anilines is 2. The van der Waals surface area contributed by atoms with Gasteiger partial charge in [0.05, 0.1) is 22.9 Å². The highest BCUT2D eigenvalue weighted by Gasteiger charge is 2.50. The van der Waals surface area contributed by atoms with Gasteiger partial charge in [0.15, 0.2) is 10.9 Å². The number of benzene rings is 2. The maximum atomic E-state index is 14.6. The molecule has 0 aromatic heterocycles. The van der Waals surface area contributed by atoms with E-state index in [2.05, 4.69) is 6.07 Å². The molecule has 1 aliphatic heterocycles. The van der Waals surface area contributed by atoms with Gasteiger partial charge in [-0.2, -0.15) is 5.26 Å². The molecule has 7 heteroatoms. The van der Waals surface area contributed by atoms with Crippen molar-refractivity contribution in [3.8, 4) is 6.07 Å². The molecule has 0 spiro atoms. The van der Waals surface area contributed by atoms with Crippen LogP contribution in [0.5, 0.6) is 0 Å². The minimum absolute atomic E-state index is 0.0186. The molecule has 0 unspecified atom stereocenters. The number of amides is 1. The zero-order valence-electron chi connectivity index (χ0n) is 16.6. The van der Waals surface area contributed by atoms with E-state index < -0.39 is 11.4 Å². The van der Waals surface area contributed by atoms with Crippen molar-refractivity contribution >= 4 is 40.4 Å². The maximum Gasteiger partial charge on any atom is 0.259 e. The van der Waals surface area contributed by atoms with E-state index in [4.69, 9.17) is 17.5 Å². The third kappa shape index (κ3) is 3.30. The Bertz CT molecular complexity index is 1090. The number of rotatable bonds is 4. The van der Waals surface area contributed by atoms with Gasteiger partial charge in [-0.05, 0) is 75.0 Å². The highest BCUT2D eigenvalue weighted by Crippen LogP contribution is 2.37. The second-order valence-electron chi connectivity index (χ2n) is 7.37. The zero-order valence-corrected chi connectivity index (χ0v) is 17.4. The third-order valence-corrected chi connectivity index (χ3v) is 5.45. The van der Waals surface area contributed by atoms with Gasteiger partial charge in [-0.25, -0.2) is 4.39 Å². The van der Waals surface area contributed by atoms with Crippen LogP contribution in [0.4, 0.5) is 15.8 Å². The molecule has 1 saturated heterocycles. The Balaban J connectivity index is 2.06. The lowest BCUT2D eigenvalue weighted by atomic mass is 10.0. The summed E-state index contributed by atoms with van der Waals surface area (Å²) in [7, 11) is 0. The van der Waals surface area contributed by atoms with Gasteiger partial charge < -0.3 is 4.90 Å². The Morgan fingerprint density at radius 2 is 1.86 bits per heavy atom. The molecular formula is C22H20FN3O2S. The van der Waals surface area contributed by atoms with Gasteiger partial charge in [-0.15, -0.1) is 0 Å². The topological polar surface area (TPSA) is 64.4 Å². The average Bonchev–Trinajstić information content (AvgIpc) is 2.85. The first-order valence-electron chi connectivity index (χ1n) is 9.15. The van der Waals surface area contributed by atoms with Gasteiger partial charge in [0.25, 0.3) is 5.91 Å². The lowest BCUT2D eigenvalue weighted by Gasteiger charge is -2.29. The summed E-state index contributed by atoms with van der Waals surface area (Å²) in [6, 6.07) is 11.4. The smallest absolute Gasteiger partial charge is 0.259 e. The van der Waals surface area contributed by atoms with Crippen molar-refractivity contribution in [3.05, 3.63) is 58.9 Å². The molecule has 1 amide bonds. The zero-order chi connectivity index (χ0) is 21.5. The van der Waals surface area contributed by atoms with Crippen LogP contribution in [0.15, 0.2) is 36.4 Å². The van der Waals surface area contributed by atoms with Gasteiger partial charge in [-0.1, -0.05) is 6.92 Å². The fourth-order valence-electron chi connectivity index (χ4n) is 3.43. The van der Waals surface area contributed by atoms with Crippen molar-refractivity contribution in [3.63, 3.8) is 0 Å². The number of carbonyl (C=O) groups is 2. The molecule has 3 rings (SSSR count). The predicted octanol–water partition coefficient (Wildman–Crippen LogP) is 4.52. The molecular weight excluding hydrogens is 389 g/mol. The van der Waals surface area contributed by atoms with E-state index in [0.717, 1.165) is 5.56 Å². The predicted molar refractivity (Wildman–Crippen MR) is 114 cm³/mol. The first-order valence-corrected chi connectivity index (χ1v) is 9.56. The number of Topliss-reactive ketones (excluding diaryl/α,β-unsaturated/α-hetero) is 1. The fourth-order valence-corrected chi connectivity index (χ4v) is 3.95. The summed E-state index contributed by atoms with van der Waals surface area (Å²) in [5.74, 6) is -1.20. The van der Waals surface area contributed by atoms with Crippen molar-refractivity contribution in [2.45, 2.75) is 39.7 Å². The third-order valence-electron chi connectivity index (χ3n) is 5.09. The molecule has 1 heterocycles. The Hall–Kier alpha value is -3.11. The highest BCUT2D eigenvalue weighted by molar-refractivity contribution is 7.81. The van der Waals surface area contributed by atoms with E-state index in [-0.39, 0.29) is 28.8 Å². The highest BCUT2D eigenvalue weighted by atomic mass is 32.1. The van der Waals surface area contributed by atoms with Crippen LogP contribution in [0, 0.1) is 24.1 Å². The number of hydrogen-bond acceptors (Lipinski definition) is 4. The second kappa shape index (κ2) is 7.37. The Morgan fingerprint density at radius 1 is 1.21 bits per heavy atom. The lowest BCUT2D eigenvalue weighted by molar-refractivity contribution is -0.120. The minimum atomic E-state index is -1.05. The summed E-state index contributed by atoms with van der Waals surface area (Å²) in [6.45, 7) is 6.88. The first kappa shape index (κ1) is 20.6. The minimum Gasteiger partial charge on any atom is -0.303 e. The van der Waals surface area contributed by atoms with Crippen molar-refractivity contribution in [1.29, 1.82) is 5.26 Å². The van der Waals surface area contributed by atoms with E-state index in [0.29, 0.717) is 16.9 Å². The molecule has 0 radical (unpaired) electrons. The van der Waals surface area contributed by atoms with E-state index in [9.17, 15) is 14.0 Å². The molecule has 0 bridgehead atoms. The van der Waals surface area contributed by atoms with Crippen LogP contribution in [0.2, 0.25) is 0 Å². The molecule has 29 heavy (non-hydrogen) atoms. The van der Waals surface area contributed by atoms with Crippen molar-refractivity contribution < 1.29 is 14.0 Å². The number of halogens is 1. The molecule has 148 valence electrons. The summed E-state index contributed by atoms with van der Waals surface area (Å²) >= 11 is 5.58. The normalized spacial score (nSPS) is 15.6. The number of ketones is 1. The van der Waals surface area contributed by atoms with Crippen molar-refractivity contribution in [2.75, 3.05) is 9.80 Å². The molecule has 0 atom stereocenters. The second-order valence-corrected chi connectivity index (χ2v) is 7.73. The summed E-state index contributed by atoms with van der Waals surface area (Å²) in [5.41, 5.74) is 1.15. The first-order chi connectivity index (χ1) is 13.6. The summed E-state index contributed by atoms with van der Waals surface area (Å²) in [4.78, 5) is 28.0. The van der Waals surface area contributed by atoms with Crippen LogP contribution in [-0.2, 0) is 4.79 Å². The van der Waals surface area contributed by atoms with E-state index >= 15 is 0 Å². The van der Waals surface area contributed by atoms with Crippen LogP contribution in [0.3, 0.4) is 0 Å². The van der Waals surface area contributed by atoms with Crippen LogP contribution in [0.1, 0.15) is 48.7 Å². The van der Waals surface area contributed by atoms with Crippen LogP contribution < -0.4 is 9.80 Å². The van der Waals surface area contributed by atoms with E-state index in [1.807, 2.05) is 0 Å². The van der Waals surface area contributed by atoms with Crippen LogP contribution in [-0.4, -0.2) is 22.3 Å². The molecule has 1 aliphatic rings. The largest absolute Gasteiger partial charge is 0.303 e. The number of nitrogens with zero attached hydrogens (tertiary/aromatic N) is 3. The molecule has 0 N–H and O–H groups in total.